The molecule has 2 aromatic rings. The van der Waals surface area contributed by atoms with E-state index in [-0.39, 0.29) is 160 Å². The Morgan fingerprint density at radius 2 is 1.48 bits per heavy atom. The van der Waals surface area contributed by atoms with Gasteiger partial charge in [-0.05, 0) is 55.8 Å². The summed E-state index contributed by atoms with van der Waals surface area (Å²) in [5.41, 5.74) is 1.09. The van der Waals surface area contributed by atoms with Crippen LogP contribution in [0, 0.1) is 0 Å². The van der Waals surface area contributed by atoms with Crippen molar-refractivity contribution in [3.05, 3.63) is 95.8 Å². The second-order valence-corrected chi connectivity index (χ2v) is 16.6. The predicted molar refractivity (Wildman–Crippen MR) is 169 cm³/mol. The first-order chi connectivity index (χ1) is 21.7. The van der Waals surface area contributed by atoms with Gasteiger partial charge in [0.1, 0.15) is 10.1 Å². The molecule has 50 heavy (non-hydrogen) atoms. The largest absolute Gasteiger partial charge is 1.00 e. The first-order valence-corrected chi connectivity index (χ1v) is 18.9. The summed E-state index contributed by atoms with van der Waals surface area (Å²) < 4.78 is 109. The van der Waals surface area contributed by atoms with Crippen molar-refractivity contribution in [2.45, 2.75) is 48.3 Å². The summed E-state index contributed by atoms with van der Waals surface area (Å²) in [5, 5.41) is 13.6. The second kappa shape index (κ2) is 19.7. The van der Waals surface area contributed by atoms with Gasteiger partial charge in [0, 0.05) is 39.4 Å². The van der Waals surface area contributed by atoms with E-state index < -0.39 is 57.8 Å². The van der Waals surface area contributed by atoms with Crippen molar-refractivity contribution >= 4 is 59.5 Å². The first-order valence-electron chi connectivity index (χ1n) is 13.6. The zero-order valence-electron chi connectivity index (χ0n) is 28.4. The van der Waals surface area contributed by atoms with E-state index in [9.17, 15) is 44.2 Å². The summed E-state index contributed by atoms with van der Waals surface area (Å²) in [6.45, 7) is 7.11. The maximum atomic E-state index is 11.9. The molecule has 4 rings (SSSR count). The van der Waals surface area contributed by atoms with E-state index in [1.165, 1.54) is 21.6 Å². The van der Waals surface area contributed by atoms with Gasteiger partial charge in [-0.1, -0.05) is 44.2 Å². The zero-order chi connectivity index (χ0) is 35.0. The third-order valence-corrected chi connectivity index (χ3v) is 10.3. The van der Waals surface area contributed by atoms with E-state index in [1.807, 2.05) is 13.8 Å². The fourth-order valence-electron chi connectivity index (χ4n) is 5.65. The van der Waals surface area contributed by atoms with Gasteiger partial charge in [0.15, 0.2) is 21.7 Å². The van der Waals surface area contributed by atoms with Crippen molar-refractivity contribution < 1.29 is 212 Å². The Labute approximate surface area is 424 Å². The number of benzene rings is 2. The molecular formula is C29H30K3N2O12S4+. The van der Waals surface area contributed by atoms with E-state index in [0.717, 1.165) is 6.07 Å². The molecule has 2 aliphatic rings. The Kier molecular flexibility index (Phi) is 19.6. The molecular weight excluding hydrogens is 814 g/mol. The quantitative estimate of drug-likeness (QED) is 0.0401. The number of nitrogens with zero attached hydrogens (tertiary/aromatic N) is 2. The van der Waals surface area contributed by atoms with Crippen LogP contribution in [-0.2, 0) is 50.6 Å². The fourth-order valence-corrected chi connectivity index (χ4v) is 7.75. The maximum absolute atomic E-state index is 11.9. The van der Waals surface area contributed by atoms with Crippen LogP contribution in [0.2, 0.25) is 0 Å². The van der Waals surface area contributed by atoms with E-state index in [1.54, 1.807) is 74.6 Å². The van der Waals surface area contributed by atoms with Crippen molar-refractivity contribution in [1.82, 2.24) is 0 Å². The van der Waals surface area contributed by atoms with Gasteiger partial charge < -0.3 is 19.3 Å². The molecule has 2 heterocycles. The van der Waals surface area contributed by atoms with E-state index in [0.29, 0.717) is 45.2 Å². The standard InChI is InChI=1S/C29H32N2O12S4.3K/c1-28(2)22-16-20(44-43-42-32)12-14-24(22)30(18-45(33,34)35)26(28)10-8-6-5-7-9-11-27-29(3,4)23-17-21(47(39,40)41)13-15-25(23)31(27)19-46(36,37)38;;;/h5-17H,18-19H2,1-4H3,(H3-,32,33,34,35,36,37,38,39,40,41);;;/q;3*+1/p-2. The average molecular weight is 844 g/mol. The van der Waals surface area contributed by atoms with Gasteiger partial charge in [0.05, 0.1) is 22.4 Å². The van der Waals surface area contributed by atoms with Gasteiger partial charge in [0.25, 0.3) is 10.1 Å². The van der Waals surface area contributed by atoms with Crippen LogP contribution in [0.3, 0.4) is 0 Å². The molecule has 0 amide bonds. The van der Waals surface area contributed by atoms with Crippen molar-refractivity contribution in [2.24, 2.45) is 0 Å². The minimum atomic E-state index is -4.79. The molecule has 0 radical (unpaired) electrons. The summed E-state index contributed by atoms with van der Waals surface area (Å²) in [4.78, 5) is 1.50. The van der Waals surface area contributed by atoms with Crippen LogP contribution in [0.15, 0.2) is 94.4 Å². The van der Waals surface area contributed by atoms with E-state index in [2.05, 4.69) is 9.37 Å². The summed E-state index contributed by atoms with van der Waals surface area (Å²) in [5.74, 6) is -1.62. The minimum absolute atomic E-state index is 0. The zero-order valence-corrected chi connectivity index (χ0v) is 41.0. The van der Waals surface area contributed by atoms with Crippen molar-refractivity contribution in [3.8, 4) is 0 Å². The SMILES string of the molecule is CC1(C)C(/C=C/C=C/C=C/C=C2/N(CS(=O)(=O)O)c3ccc(SOO[O-])cc3C2(C)C)=[N+](CS(=O)(=O)[O-])c2ccc(S(=O)(=O)[O-])cc21.[K+].[K+].[K+]. The molecule has 1 N–H and O–H groups in total. The van der Waals surface area contributed by atoms with Gasteiger partial charge in [-0.15, -0.1) is 0 Å². The smallest absolute Gasteiger partial charge is 0.744 e. The van der Waals surface area contributed by atoms with Gasteiger partial charge in [0.2, 0.25) is 11.6 Å². The first kappa shape index (κ1) is 49.8. The number of allylic oxidation sites excluding steroid dienone is 8. The van der Waals surface area contributed by atoms with Crippen molar-refractivity contribution in [3.63, 3.8) is 0 Å². The molecule has 0 spiro atoms. The monoisotopic (exact) mass is 843 g/mol. The Morgan fingerprint density at radius 1 is 0.860 bits per heavy atom. The molecule has 0 aliphatic carbocycles. The number of fused-ring (bicyclic) bond motifs is 2. The minimum Gasteiger partial charge on any atom is -0.744 e. The number of anilines is 1. The van der Waals surface area contributed by atoms with E-state index >= 15 is 0 Å². The Hall–Kier alpha value is 1.74. The van der Waals surface area contributed by atoms with Crippen LogP contribution in [0.1, 0.15) is 38.8 Å². The Morgan fingerprint density at radius 3 is 2.06 bits per heavy atom. The normalized spacial score (nSPS) is 17.6. The van der Waals surface area contributed by atoms with Gasteiger partial charge in [-0.2, -0.15) is 17.3 Å². The topological polar surface area (TPSA) is 217 Å². The summed E-state index contributed by atoms with van der Waals surface area (Å²) in [7, 11) is -14.0. The molecule has 0 aromatic heterocycles. The molecule has 2 aliphatic heterocycles. The van der Waals surface area contributed by atoms with E-state index in [4.69, 9.17) is 0 Å². The molecule has 14 nitrogen and oxygen atoms in total. The summed E-state index contributed by atoms with van der Waals surface area (Å²) in [6.07, 6.45) is 11.4. The number of rotatable bonds is 12. The maximum Gasteiger partial charge on any atom is 1.00 e. The van der Waals surface area contributed by atoms with Gasteiger partial charge >= 0.3 is 154 Å². The molecule has 21 heteroatoms. The Balaban J connectivity index is 0.00000417. The average Bonchev–Trinajstić information content (AvgIpc) is 3.27. The van der Waals surface area contributed by atoms with Crippen LogP contribution in [-0.4, -0.2) is 61.0 Å². The Bertz CT molecular complexity index is 2080. The number of hydrogen-bond donors (Lipinski definition) is 1. The molecule has 0 bridgehead atoms. The fraction of sp³-hybridized carbons (Fsp3) is 0.276. The van der Waals surface area contributed by atoms with Crippen molar-refractivity contribution in [1.29, 1.82) is 0 Å². The van der Waals surface area contributed by atoms with Crippen LogP contribution in [0.5, 0.6) is 0 Å². The molecule has 254 valence electrons. The van der Waals surface area contributed by atoms with Gasteiger partial charge in [-0.3, -0.25) is 9.59 Å². The summed E-state index contributed by atoms with van der Waals surface area (Å²) in [6, 6.07) is 8.48. The van der Waals surface area contributed by atoms with Crippen molar-refractivity contribution in [2.75, 3.05) is 16.7 Å². The van der Waals surface area contributed by atoms with Crippen LogP contribution >= 0.6 is 12.0 Å². The summed E-state index contributed by atoms with van der Waals surface area (Å²) >= 11 is 0.685. The van der Waals surface area contributed by atoms with Crippen LogP contribution in [0.25, 0.3) is 0 Å². The van der Waals surface area contributed by atoms with Crippen LogP contribution in [0.4, 0.5) is 11.4 Å². The molecule has 0 atom stereocenters. The molecule has 0 unspecified atom stereocenters. The third-order valence-electron chi connectivity index (χ3n) is 7.71. The number of hydrogen-bond acceptors (Lipinski definition) is 13. The third kappa shape index (κ3) is 12.4. The molecule has 0 fully saturated rings. The predicted octanol–water partition coefficient (Wildman–Crippen LogP) is -6.09. The van der Waals surface area contributed by atoms with Gasteiger partial charge in [-0.25, -0.2) is 16.8 Å². The molecule has 0 saturated heterocycles. The molecule has 2 aromatic carbocycles. The second-order valence-electron chi connectivity index (χ2n) is 11.6. The van der Waals surface area contributed by atoms with Crippen LogP contribution < -0.4 is 164 Å². The molecule has 0 saturated carbocycles.